The third-order valence-electron chi connectivity index (χ3n) is 3.71. The fourth-order valence-corrected chi connectivity index (χ4v) is 2.79. The first kappa shape index (κ1) is 17.8. The molecule has 8 nitrogen and oxygen atoms in total. The van der Waals surface area contributed by atoms with E-state index in [0.29, 0.717) is 12.2 Å². The summed E-state index contributed by atoms with van der Waals surface area (Å²) in [5.74, 6) is -0.442. The van der Waals surface area contributed by atoms with Crippen LogP contribution in [0, 0.1) is 10.1 Å². The van der Waals surface area contributed by atoms with Crippen molar-refractivity contribution in [3.05, 3.63) is 69.1 Å². The van der Waals surface area contributed by atoms with Crippen molar-refractivity contribution in [3.63, 3.8) is 0 Å². The van der Waals surface area contributed by atoms with Gasteiger partial charge in [0, 0.05) is 24.5 Å². The second-order valence-corrected chi connectivity index (χ2v) is 6.36. The van der Waals surface area contributed by atoms with E-state index in [1.165, 1.54) is 18.2 Å². The Kier molecular flexibility index (Phi) is 4.88. The van der Waals surface area contributed by atoms with Crippen LogP contribution in [0.1, 0.15) is 16.2 Å². The molecule has 0 aliphatic carbocycles. The van der Waals surface area contributed by atoms with Crippen molar-refractivity contribution < 1.29 is 9.72 Å². The van der Waals surface area contributed by atoms with Crippen molar-refractivity contribution in [2.75, 3.05) is 19.4 Å². The fraction of sp³-hybridized carbons (Fsp3) is 0.176. The number of pyridine rings is 1. The van der Waals surface area contributed by atoms with E-state index in [-0.39, 0.29) is 22.1 Å². The molecule has 3 aromatic rings. The zero-order valence-corrected chi connectivity index (χ0v) is 14.9. The molecule has 0 fully saturated rings. The van der Waals surface area contributed by atoms with Crippen molar-refractivity contribution in [1.29, 1.82) is 0 Å². The summed E-state index contributed by atoms with van der Waals surface area (Å²) < 4.78 is 1.85. The summed E-state index contributed by atoms with van der Waals surface area (Å²) in [5, 5.41) is 13.7. The lowest BCUT2D eigenvalue weighted by Gasteiger charge is -2.11. The van der Waals surface area contributed by atoms with Crippen LogP contribution in [0.15, 0.2) is 42.6 Å². The lowest BCUT2D eigenvalue weighted by Crippen LogP contribution is -2.19. The van der Waals surface area contributed by atoms with Crippen LogP contribution in [0.25, 0.3) is 5.65 Å². The largest absolute Gasteiger partial charge is 0.320 e. The van der Waals surface area contributed by atoms with Gasteiger partial charge >= 0.3 is 0 Å². The predicted octanol–water partition coefficient (Wildman–Crippen LogP) is 3.21. The van der Waals surface area contributed by atoms with Crippen LogP contribution in [0.4, 0.5) is 11.4 Å². The molecular formula is C17H16ClN5O3. The number of carbonyl (C=O) groups is 1. The second kappa shape index (κ2) is 7.11. The Morgan fingerprint density at radius 2 is 2.12 bits per heavy atom. The van der Waals surface area contributed by atoms with Gasteiger partial charge in [-0.3, -0.25) is 14.9 Å². The van der Waals surface area contributed by atoms with Crippen LogP contribution in [0.3, 0.4) is 0 Å². The van der Waals surface area contributed by atoms with Gasteiger partial charge in [-0.2, -0.15) is 0 Å². The molecule has 0 aliphatic heterocycles. The van der Waals surface area contributed by atoms with Gasteiger partial charge in [0.05, 0.1) is 10.6 Å². The molecule has 9 heteroatoms. The summed E-state index contributed by atoms with van der Waals surface area (Å²) in [6, 6.07) is 9.61. The minimum atomic E-state index is -0.597. The van der Waals surface area contributed by atoms with Gasteiger partial charge in [-0.05, 0) is 38.4 Å². The molecule has 2 aromatic heterocycles. The minimum Gasteiger partial charge on any atom is -0.320 e. The predicted molar refractivity (Wildman–Crippen MR) is 98.6 cm³/mol. The Balaban J connectivity index is 1.98. The third-order valence-corrected chi connectivity index (χ3v) is 4.03. The Morgan fingerprint density at radius 3 is 2.81 bits per heavy atom. The van der Waals surface area contributed by atoms with Gasteiger partial charge in [0.15, 0.2) is 5.69 Å². The first-order valence-corrected chi connectivity index (χ1v) is 8.10. The number of halogens is 1. The molecule has 26 heavy (non-hydrogen) atoms. The lowest BCUT2D eigenvalue weighted by molar-refractivity contribution is -0.384. The molecule has 3 rings (SSSR count). The molecule has 0 atom stereocenters. The number of benzene rings is 1. The molecule has 0 unspecified atom stereocenters. The molecule has 1 N–H and O–H groups in total. The van der Waals surface area contributed by atoms with Crippen molar-refractivity contribution >= 4 is 34.5 Å². The number of nitro benzene ring substituents is 1. The van der Waals surface area contributed by atoms with E-state index >= 15 is 0 Å². The second-order valence-electron chi connectivity index (χ2n) is 5.95. The zero-order chi connectivity index (χ0) is 18.8. The van der Waals surface area contributed by atoms with Crippen LogP contribution in [-0.2, 0) is 6.54 Å². The highest BCUT2D eigenvalue weighted by atomic mass is 35.5. The summed E-state index contributed by atoms with van der Waals surface area (Å²) in [5.41, 5.74) is 1.65. The van der Waals surface area contributed by atoms with Crippen molar-refractivity contribution in [1.82, 2.24) is 14.3 Å². The normalized spacial score (nSPS) is 11.1. The van der Waals surface area contributed by atoms with Crippen LogP contribution < -0.4 is 5.32 Å². The average molecular weight is 374 g/mol. The number of carbonyl (C=O) groups excluding carboxylic acids is 1. The lowest BCUT2D eigenvalue weighted by atomic mass is 10.2. The van der Waals surface area contributed by atoms with Crippen molar-refractivity contribution in [2.24, 2.45) is 0 Å². The molecule has 0 radical (unpaired) electrons. The van der Waals surface area contributed by atoms with Gasteiger partial charge in [-0.1, -0.05) is 17.7 Å². The number of rotatable bonds is 5. The third kappa shape index (κ3) is 3.51. The number of fused-ring (bicyclic) bond motifs is 1. The monoisotopic (exact) mass is 373 g/mol. The number of hydrogen-bond acceptors (Lipinski definition) is 5. The van der Waals surface area contributed by atoms with Gasteiger partial charge < -0.3 is 14.6 Å². The Labute approximate surface area is 154 Å². The summed E-state index contributed by atoms with van der Waals surface area (Å²) in [4.78, 5) is 29.5. The highest BCUT2D eigenvalue weighted by Crippen LogP contribution is 2.27. The number of nitrogens with zero attached hydrogens (tertiary/aromatic N) is 4. The summed E-state index contributed by atoms with van der Waals surface area (Å²) in [7, 11) is 3.79. The van der Waals surface area contributed by atoms with E-state index in [1.54, 1.807) is 0 Å². The number of aromatic nitrogens is 2. The fourth-order valence-electron chi connectivity index (χ4n) is 2.60. The highest BCUT2D eigenvalue weighted by Gasteiger charge is 2.20. The molecular weight excluding hydrogens is 358 g/mol. The summed E-state index contributed by atoms with van der Waals surface area (Å²) in [6.07, 6.45) is 1.84. The summed E-state index contributed by atoms with van der Waals surface area (Å²) in [6.45, 7) is 0.509. The molecule has 0 saturated carbocycles. The molecule has 0 spiro atoms. The van der Waals surface area contributed by atoms with Gasteiger partial charge in [0.2, 0.25) is 0 Å². The number of nitro groups is 1. The topological polar surface area (TPSA) is 92.8 Å². The average Bonchev–Trinajstić information content (AvgIpc) is 2.94. The van der Waals surface area contributed by atoms with E-state index in [0.717, 1.165) is 5.69 Å². The van der Waals surface area contributed by atoms with Gasteiger partial charge in [-0.15, -0.1) is 0 Å². The van der Waals surface area contributed by atoms with Gasteiger partial charge in [0.1, 0.15) is 10.7 Å². The van der Waals surface area contributed by atoms with Gasteiger partial charge in [-0.25, -0.2) is 4.98 Å². The molecule has 1 amide bonds. The summed E-state index contributed by atoms with van der Waals surface area (Å²) >= 11 is 5.81. The first-order chi connectivity index (χ1) is 12.4. The van der Waals surface area contributed by atoms with Crippen molar-refractivity contribution in [3.8, 4) is 0 Å². The maximum atomic E-state index is 12.7. The SMILES string of the molecule is CN(C)Cc1c(C(=O)Nc2ccc(Cl)c([N+](=O)[O-])c2)nc2ccccn12. The first-order valence-electron chi connectivity index (χ1n) is 7.73. The van der Waals surface area contributed by atoms with Gasteiger partial charge in [0.25, 0.3) is 11.6 Å². The zero-order valence-electron chi connectivity index (χ0n) is 14.1. The smallest absolute Gasteiger partial charge is 0.289 e. The van der Waals surface area contributed by atoms with Crippen LogP contribution in [-0.4, -0.2) is 39.2 Å². The molecule has 0 aliphatic rings. The highest BCUT2D eigenvalue weighted by molar-refractivity contribution is 6.32. The number of anilines is 1. The van der Waals surface area contributed by atoms with E-state index < -0.39 is 10.8 Å². The maximum absolute atomic E-state index is 12.7. The van der Waals surface area contributed by atoms with E-state index in [2.05, 4.69) is 10.3 Å². The molecule has 134 valence electrons. The van der Waals surface area contributed by atoms with Crippen LogP contribution in [0.5, 0.6) is 0 Å². The molecule has 0 saturated heterocycles. The Bertz CT molecular complexity index is 999. The van der Waals surface area contributed by atoms with E-state index in [1.807, 2.05) is 47.8 Å². The standard InChI is InChI=1S/C17H16ClN5O3/c1-21(2)10-14-16(20-15-5-3-4-8-22(14)15)17(24)19-11-6-7-12(18)13(9-11)23(25)26/h3-9H,10H2,1-2H3,(H,19,24). The van der Waals surface area contributed by atoms with E-state index in [9.17, 15) is 14.9 Å². The van der Waals surface area contributed by atoms with E-state index in [4.69, 9.17) is 11.6 Å². The van der Waals surface area contributed by atoms with Crippen molar-refractivity contribution in [2.45, 2.75) is 6.54 Å². The number of hydrogen-bond donors (Lipinski definition) is 1. The number of nitrogens with one attached hydrogen (secondary N) is 1. The molecule has 0 bridgehead atoms. The molecule has 2 heterocycles. The van der Waals surface area contributed by atoms with Crippen LogP contribution >= 0.6 is 11.6 Å². The number of amides is 1. The molecule has 1 aromatic carbocycles. The Hall–Kier alpha value is -2.97. The van der Waals surface area contributed by atoms with Crippen LogP contribution in [0.2, 0.25) is 5.02 Å². The Morgan fingerprint density at radius 1 is 1.35 bits per heavy atom. The quantitative estimate of drug-likeness (QED) is 0.547. The minimum absolute atomic E-state index is 0.00836. The number of imidazole rings is 1. The maximum Gasteiger partial charge on any atom is 0.289 e.